The average Bonchev–Trinajstić information content (AvgIpc) is 2.97. The number of rotatable bonds is 4. The lowest BCUT2D eigenvalue weighted by Gasteiger charge is -2.06. The number of esters is 1. The molecule has 7 heteroatoms. The molecule has 0 radical (unpaired) electrons. The van der Waals surface area contributed by atoms with Crippen molar-refractivity contribution >= 4 is 22.3 Å². The fraction of sp³-hybridized carbons (Fsp3) is 0.250. The molecule has 2 heterocycles. The summed E-state index contributed by atoms with van der Waals surface area (Å²) in [7, 11) is 0. The summed E-state index contributed by atoms with van der Waals surface area (Å²) < 4.78 is 6.54. The number of hydrogen-bond acceptors (Lipinski definition) is 6. The van der Waals surface area contributed by atoms with Crippen LogP contribution in [0.5, 0.6) is 0 Å². The Morgan fingerprint density at radius 1 is 1.35 bits per heavy atom. The highest BCUT2D eigenvalue weighted by Gasteiger charge is 2.12. The number of carbonyl (C=O) groups is 1. The number of fused-ring (bicyclic) bond motifs is 1. The first kappa shape index (κ1) is 15.4. The molecule has 0 fully saturated rings. The van der Waals surface area contributed by atoms with Crippen LogP contribution in [0.3, 0.4) is 0 Å². The number of hydrogen-bond donors (Lipinski definition) is 0. The molecule has 0 aliphatic carbocycles. The van der Waals surface area contributed by atoms with Crippen LogP contribution in [0.25, 0.3) is 4.96 Å². The van der Waals surface area contributed by atoms with Crippen LogP contribution in [0.1, 0.15) is 33.5 Å². The van der Waals surface area contributed by atoms with Crippen LogP contribution in [0.4, 0.5) is 0 Å². The maximum absolute atomic E-state index is 12.1. The maximum atomic E-state index is 12.1. The monoisotopic (exact) mass is 329 g/mol. The second-order valence-electron chi connectivity index (χ2n) is 5.02. The molecule has 0 unspecified atom stereocenters. The molecule has 1 aromatic carbocycles. The Bertz CT molecular complexity index is 930. The molecule has 0 aliphatic heterocycles. The Balaban J connectivity index is 1.81. The molecule has 0 saturated carbocycles. The Morgan fingerprint density at radius 2 is 2.13 bits per heavy atom. The van der Waals surface area contributed by atoms with Crippen molar-refractivity contribution in [2.75, 3.05) is 0 Å². The fourth-order valence-electron chi connectivity index (χ4n) is 2.13. The van der Waals surface area contributed by atoms with Crippen LogP contribution in [-0.2, 0) is 17.8 Å². The van der Waals surface area contributed by atoms with Crippen molar-refractivity contribution < 1.29 is 9.53 Å². The van der Waals surface area contributed by atoms with Gasteiger partial charge in [0.15, 0.2) is 0 Å². The summed E-state index contributed by atoms with van der Waals surface area (Å²) in [6.45, 7) is 3.77. The first-order chi connectivity index (χ1) is 11.1. The van der Waals surface area contributed by atoms with Gasteiger partial charge in [-0.1, -0.05) is 36.5 Å². The molecule has 118 valence electrons. The predicted molar refractivity (Wildman–Crippen MR) is 86.8 cm³/mol. The molecule has 3 rings (SSSR count). The molecule has 0 aliphatic rings. The molecule has 0 N–H and O–H groups in total. The third-order valence-corrected chi connectivity index (χ3v) is 4.41. The molecular formula is C16H15N3O3S. The Hall–Kier alpha value is -2.54. The van der Waals surface area contributed by atoms with Crippen LogP contribution < -0.4 is 5.56 Å². The number of nitrogens with zero attached hydrogens (tertiary/aromatic N) is 3. The number of aryl methyl sites for hydroxylation is 2. The van der Waals surface area contributed by atoms with Gasteiger partial charge in [-0.3, -0.25) is 4.79 Å². The molecule has 3 aromatic rings. The van der Waals surface area contributed by atoms with Gasteiger partial charge in [0, 0.05) is 6.07 Å². The molecule has 0 amide bonds. The Kier molecular flexibility index (Phi) is 4.20. The highest BCUT2D eigenvalue weighted by molar-refractivity contribution is 7.16. The van der Waals surface area contributed by atoms with E-state index in [1.54, 1.807) is 12.1 Å². The van der Waals surface area contributed by atoms with E-state index in [9.17, 15) is 9.59 Å². The molecule has 2 aromatic heterocycles. The summed E-state index contributed by atoms with van der Waals surface area (Å²) in [4.78, 5) is 29.0. The number of aromatic nitrogens is 3. The second kappa shape index (κ2) is 6.29. The Morgan fingerprint density at radius 3 is 2.87 bits per heavy atom. The molecular weight excluding hydrogens is 314 g/mol. The summed E-state index contributed by atoms with van der Waals surface area (Å²) in [6, 6.07) is 8.54. The first-order valence-corrected chi connectivity index (χ1v) is 8.01. The SMILES string of the molecule is CCc1nn2c(=O)cc(COC(=O)c3ccccc3C)nc2s1. The first-order valence-electron chi connectivity index (χ1n) is 7.20. The van der Waals surface area contributed by atoms with E-state index in [4.69, 9.17) is 4.74 Å². The third kappa shape index (κ3) is 3.14. The van der Waals surface area contributed by atoms with E-state index in [-0.39, 0.29) is 12.2 Å². The van der Waals surface area contributed by atoms with Gasteiger partial charge >= 0.3 is 5.97 Å². The molecule has 23 heavy (non-hydrogen) atoms. The largest absolute Gasteiger partial charge is 0.456 e. The van der Waals surface area contributed by atoms with Crippen molar-refractivity contribution in [3.05, 3.63) is 62.5 Å². The molecule has 0 atom stereocenters. The van der Waals surface area contributed by atoms with Gasteiger partial charge in [0.2, 0.25) is 4.96 Å². The summed E-state index contributed by atoms with van der Waals surface area (Å²) in [5.74, 6) is -0.427. The van der Waals surface area contributed by atoms with Crippen LogP contribution in [0.2, 0.25) is 0 Å². The number of ether oxygens (including phenoxy) is 1. The summed E-state index contributed by atoms with van der Waals surface area (Å²) in [5, 5.41) is 5.02. The van der Waals surface area contributed by atoms with Crippen molar-refractivity contribution in [3.63, 3.8) is 0 Å². The zero-order valence-electron chi connectivity index (χ0n) is 12.8. The molecule has 0 saturated heterocycles. The third-order valence-electron chi connectivity index (χ3n) is 3.36. The lowest BCUT2D eigenvalue weighted by atomic mass is 10.1. The minimum Gasteiger partial charge on any atom is -0.456 e. The second-order valence-corrected chi connectivity index (χ2v) is 6.06. The number of benzene rings is 1. The van der Waals surface area contributed by atoms with Gasteiger partial charge in [0.1, 0.15) is 11.6 Å². The molecule has 0 bridgehead atoms. The minimum atomic E-state index is -0.427. The van der Waals surface area contributed by atoms with Gasteiger partial charge in [0.05, 0.1) is 11.3 Å². The zero-order chi connectivity index (χ0) is 16.4. The molecule has 6 nitrogen and oxygen atoms in total. The summed E-state index contributed by atoms with van der Waals surface area (Å²) >= 11 is 1.36. The highest BCUT2D eigenvalue weighted by Crippen LogP contribution is 2.13. The summed E-state index contributed by atoms with van der Waals surface area (Å²) in [6.07, 6.45) is 0.741. The van der Waals surface area contributed by atoms with E-state index in [0.29, 0.717) is 16.2 Å². The zero-order valence-corrected chi connectivity index (χ0v) is 13.6. The Labute approximate surface area is 136 Å². The van der Waals surface area contributed by atoms with Crippen molar-refractivity contribution in [2.24, 2.45) is 0 Å². The van der Waals surface area contributed by atoms with Gasteiger partial charge in [-0.25, -0.2) is 9.78 Å². The quantitative estimate of drug-likeness (QED) is 0.687. The van der Waals surface area contributed by atoms with Gasteiger partial charge < -0.3 is 4.74 Å². The van der Waals surface area contributed by atoms with E-state index in [0.717, 1.165) is 17.0 Å². The van der Waals surface area contributed by atoms with E-state index in [2.05, 4.69) is 10.1 Å². The van der Waals surface area contributed by atoms with Crippen LogP contribution in [0.15, 0.2) is 35.1 Å². The van der Waals surface area contributed by atoms with Crippen molar-refractivity contribution in [2.45, 2.75) is 26.9 Å². The van der Waals surface area contributed by atoms with Gasteiger partial charge in [0.25, 0.3) is 5.56 Å². The van der Waals surface area contributed by atoms with Crippen molar-refractivity contribution in [1.82, 2.24) is 14.6 Å². The van der Waals surface area contributed by atoms with E-state index in [1.807, 2.05) is 26.0 Å². The van der Waals surface area contributed by atoms with Gasteiger partial charge in [-0.2, -0.15) is 9.61 Å². The van der Waals surface area contributed by atoms with E-state index < -0.39 is 5.97 Å². The standard InChI is InChI=1S/C16H15N3O3S/c1-3-13-18-19-14(20)8-11(17-16(19)23-13)9-22-15(21)12-7-5-4-6-10(12)2/h4-8H,3,9H2,1-2H3. The van der Waals surface area contributed by atoms with Crippen molar-refractivity contribution in [1.29, 1.82) is 0 Å². The number of carbonyl (C=O) groups excluding carboxylic acids is 1. The predicted octanol–water partition coefficient (Wildman–Crippen LogP) is 2.38. The van der Waals surface area contributed by atoms with Crippen LogP contribution in [-0.4, -0.2) is 20.6 Å². The fourth-order valence-corrected chi connectivity index (χ4v) is 2.99. The van der Waals surface area contributed by atoms with E-state index >= 15 is 0 Å². The molecule has 0 spiro atoms. The van der Waals surface area contributed by atoms with Crippen LogP contribution >= 0.6 is 11.3 Å². The maximum Gasteiger partial charge on any atom is 0.338 e. The normalized spacial score (nSPS) is 10.9. The lowest BCUT2D eigenvalue weighted by Crippen LogP contribution is -2.16. The van der Waals surface area contributed by atoms with Gasteiger partial charge in [-0.15, -0.1) is 0 Å². The average molecular weight is 329 g/mol. The van der Waals surface area contributed by atoms with Gasteiger partial charge in [-0.05, 0) is 25.0 Å². The highest BCUT2D eigenvalue weighted by atomic mass is 32.1. The smallest absolute Gasteiger partial charge is 0.338 e. The topological polar surface area (TPSA) is 73.6 Å². The van der Waals surface area contributed by atoms with E-state index in [1.165, 1.54) is 21.9 Å². The van der Waals surface area contributed by atoms with Crippen LogP contribution in [0, 0.1) is 6.92 Å². The van der Waals surface area contributed by atoms with Crippen molar-refractivity contribution in [3.8, 4) is 0 Å². The lowest BCUT2D eigenvalue weighted by molar-refractivity contribution is 0.0467. The minimum absolute atomic E-state index is 0.0434. The summed E-state index contributed by atoms with van der Waals surface area (Å²) in [5.41, 5.74) is 1.50.